The van der Waals surface area contributed by atoms with Gasteiger partial charge in [-0.25, -0.2) is 0 Å². The summed E-state index contributed by atoms with van der Waals surface area (Å²) < 4.78 is 5.74. The molecule has 1 rings (SSSR count). The van der Waals surface area contributed by atoms with E-state index in [1.54, 1.807) is 12.1 Å². The van der Waals surface area contributed by atoms with Crippen LogP contribution in [0.2, 0.25) is 0 Å². The maximum atomic E-state index is 10.9. The highest BCUT2D eigenvalue weighted by atomic mass is 79.9. The number of ether oxygens (including phenoxy) is 1. The van der Waals surface area contributed by atoms with Crippen LogP contribution in [-0.4, -0.2) is 26.4 Å². The first-order valence-electron chi connectivity index (χ1n) is 4.60. The summed E-state index contributed by atoms with van der Waals surface area (Å²) in [6.45, 7) is 1.30. The summed E-state index contributed by atoms with van der Waals surface area (Å²) in [6.07, 6.45) is 0.655. The zero-order valence-corrected chi connectivity index (χ0v) is 10.9. The Balaban J connectivity index is 3.28. The summed E-state index contributed by atoms with van der Waals surface area (Å²) >= 11 is 3.35. The van der Waals surface area contributed by atoms with E-state index in [4.69, 9.17) is 4.74 Å². The summed E-state index contributed by atoms with van der Waals surface area (Å²) in [5, 5.41) is 0. The van der Waals surface area contributed by atoms with Gasteiger partial charge in [0.1, 0.15) is 5.75 Å². The molecule has 1 aromatic carbocycles. The number of benzene rings is 1. The number of anilines is 1. The van der Waals surface area contributed by atoms with Gasteiger partial charge in [0.25, 0.3) is 0 Å². The van der Waals surface area contributed by atoms with Gasteiger partial charge >= 0.3 is 5.97 Å². The first-order chi connectivity index (χ1) is 7.45. The largest absolute Gasteiger partial charge is 0.426 e. The van der Waals surface area contributed by atoms with Crippen LogP contribution in [0.3, 0.4) is 0 Å². The Bertz CT molecular complexity index is 429. The zero-order valence-electron chi connectivity index (χ0n) is 9.28. The van der Waals surface area contributed by atoms with E-state index in [1.165, 1.54) is 6.92 Å². The molecule has 1 aromatic rings. The lowest BCUT2D eigenvalue weighted by atomic mass is 10.2. The van der Waals surface area contributed by atoms with Crippen LogP contribution in [0.25, 0.3) is 0 Å². The quantitative estimate of drug-likeness (QED) is 0.486. The molecule has 0 bridgehead atoms. The highest BCUT2D eigenvalue weighted by Crippen LogP contribution is 2.32. The third-order valence-electron chi connectivity index (χ3n) is 1.94. The molecule has 0 aliphatic rings. The van der Waals surface area contributed by atoms with Crippen molar-refractivity contribution in [1.82, 2.24) is 0 Å². The molecule has 16 heavy (non-hydrogen) atoms. The Labute approximate surface area is 102 Å². The van der Waals surface area contributed by atoms with E-state index in [9.17, 15) is 9.59 Å². The third-order valence-corrected chi connectivity index (χ3v) is 2.58. The molecule has 0 saturated carbocycles. The summed E-state index contributed by atoms with van der Waals surface area (Å²) in [5.74, 6) is -0.176. The molecule has 86 valence electrons. The second-order valence-electron chi connectivity index (χ2n) is 3.45. The number of carbonyl (C=O) groups is 2. The molecule has 0 unspecified atom stereocenters. The predicted octanol–water partition coefficient (Wildman–Crippen LogP) is 2.25. The Morgan fingerprint density at radius 3 is 2.50 bits per heavy atom. The van der Waals surface area contributed by atoms with E-state index in [2.05, 4.69) is 15.9 Å². The summed E-state index contributed by atoms with van der Waals surface area (Å²) in [4.78, 5) is 23.6. The van der Waals surface area contributed by atoms with E-state index >= 15 is 0 Å². The molecule has 0 spiro atoms. The number of esters is 1. The number of aldehydes is 1. The molecule has 0 radical (unpaired) electrons. The van der Waals surface area contributed by atoms with Crippen molar-refractivity contribution in [1.29, 1.82) is 0 Å². The van der Waals surface area contributed by atoms with E-state index in [1.807, 2.05) is 19.0 Å². The summed E-state index contributed by atoms with van der Waals surface area (Å²) in [5.41, 5.74) is 1.18. The Morgan fingerprint density at radius 2 is 2.06 bits per heavy atom. The Hall–Kier alpha value is -1.36. The van der Waals surface area contributed by atoms with E-state index in [0.29, 0.717) is 11.8 Å². The monoisotopic (exact) mass is 285 g/mol. The minimum atomic E-state index is -0.449. The van der Waals surface area contributed by atoms with Crippen molar-refractivity contribution in [2.24, 2.45) is 0 Å². The van der Waals surface area contributed by atoms with Gasteiger partial charge in [0, 0.05) is 31.6 Å². The first-order valence-corrected chi connectivity index (χ1v) is 5.39. The van der Waals surface area contributed by atoms with Gasteiger partial charge in [0.15, 0.2) is 6.29 Å². The van der Waals surface area contributed by atoms with E-state index < -0.39 is 5.97 Å². The number of carbonyl (C=O) groups excluding carboxylic acids is 2. The second kappa shape index (κ2) is 5.12. The molecular formula is C11H12BrNO3. The lowest BCUT2D eigenvalue weighted by Gasteiger charge is -2.16. The summed E-state index contributed by atoms with van der Waals surface area (Å²) in [6, 6.07) is 3.27. The molecule has 0 atom stereocenters. The fourth-order valence-electron chi connectivity index (χ4n) is 1.24. The SMILES string of the molecule is CC(=O)Oc1cc(N(C)C)c(Br)cc1C=O. The number of hydrogen-bond donors (Lipinski definition) is 0. The lowest BCUT2D eigenvalue weighted by Crippen LogP contribution is -2.11. The highest BCUT2D eigenvalue weighted by molar-refractivity contribution is 9.10. The van der Waals surface area contributed by atoms with Crippen LogP contribution in [0.1, 0.15) is 17.3 Å². The molecule has 4 nitrogen and oxygen atoms in total. The van der Waals surface area contributed by atoms with Gasteiger partial charge in [-0.15, -0.1) is 0 Å². The van der Waals surface area contributed by atoms with Crippen molar-refractivity contribution in [3.8, 4) is 5.75 Å². The smallest absolute Gasteiger partial charge is 0.308 e. The molecule has 0 N–H and O–H groups in total. The van der Waals surface area contributed by atoms with Gasteiger partial charge in [0.05, 0.1) is 11.3 Å². The molecule has 0 fully saturated rings. The van der Waals surface area contributed by atoms with Crippen molar-refractivity contribution < 1.29 is 14.3 Å². The predicted molar refractivity (Wildman–Crippen MR) is 65.2 cm³/mol. The average Bonchev–Trinajstić information content (AvgIpc) is 2.18. The van der Waals surface area contributed by atoms with Gasteiger partial charge in [0.2, 0.25) is 0 Å². The lowest BCUT2D eigenvalue weighted by molar-refractivity contribution is -0.131. The molecule has 0 heterocycles. The van der Waals surface area contributed by atoms with E-state index in [0.717, 1.165) is 10.2 Å². The van der Waals surface area contributed by atoms with Crippen LogP contribution in [0, 0.1) is 0 Å². The van der Waals surface area contributed by atoms with Gasteiger partial charge in [-0.1, -0.05) is 0 Å². The number of rotatable bonds is 3. The van der Waals surface area contributed by atoms with Gasteiger partial charge < -0.3 is 9.64 Å². The van der Waals surface area contributed by atoms with Gasteiger partial charge in [-0.05, 0) is 22.0 Å². The first kappa shape index (κ1) is 12.7. The minimum Gasteiger partial charge on any atom is -0.426 e. The van der Waals surface area contributed by atoms with E-state index in [-0.39, 0.29) is 5.75 Å². The van der Waals surface area contributed by atoms with Crippen molar-refractivity contribution in [2.45, 2.75) is 6.92 Å². The molecule has 0 amide bonds. The number of hydrogen-bond acceptors (Lipinski definition) is 4. The van der Waals surface area contributed by atoms with Crippen molar-refractivity contribution in [3.05, 3.63) is 22.2 Å². The van der Waals surface area contributed by atoms with Crippen LogP contribution >= 0.6 is 15.9 Å². The molecule has 0 saturated heterocycles. The fraction of sp³-hybridized carbons (Fsp3) is 0.273. The molecule has 0 aliphatic carbocycles. The topological polar surface area (TPSA) is 46.6 Å². The number of nitrogens with zero attached hydrogens (tertiary/aromatic N) is 1. The Kier molecular flexibility index (Phi) is 4.06. The van der Waals surface area contributed by atoms with Crippen LogP contribution in [-0.2, 0) is 4.79 Å². The average molecular weight is 286 g/mol. The number of halogens is 1. The molecule has 0 aliphatic heterocycles. The molecule has 0 aromatic heterocycles. The van der Waals surface area contributed by atoms with Crippen LogP contribution in [0.4, 0.5) is 5.69 Å². The highest BCUT2D eigenvalue weighted by Gasteiger charge is 2.11. The maximum absolute atomic E-state index is 10.9. The van der Waals surface area contributed by atoms with Crippen LogP contribution < -0.4 is 9.64 Å². The summed E-state index contributed by atoms with van der Waals surface area (Å²) in [7, 11) is 3.72. The second-order valence-corrected chi connectivity index (χ2v) is 4.30. The van der Waals surface area contributed by atoms with Gasteiger partial charge in [-0.3, -0.25) is 9.59 Å². The molecular weight excluding hydrogens is 274 g/mol. The van der Waals surface area contributed by atoms with Crippen molar-refractivity contribution >= 4 is 33.9 Å². The van der Waals surface area contributed by atoms with Crippen LogP contribution in [0.15, 0.2) is 16.6 Å². The normalized spacial score (nSPS) is 9.75. The molecule has 5 heteroatoms. The zero-order chi connectivity index (χ0) is 12.3. The standard InChI is InChI=1S/C11H12BrNO3/c1-7(15)16-11-5-10(13(2)3)9(12)4-8(11)6-14/h4-6H,1-3H3. The third kappa shape index (κ3) is 2.82. The van der Waals surface area contributed by atoms with Crippen LogP contribution in [0.5, 0.6) is 5.75 Å². The van der Waals surface area contributed by atoms with Gasteiger partial charge in [-0.2, -0.15) is 0 Å². The van der Waals surface area contributed by atoms with Crippen molar-refractivity contribution in [2.75, 3.05) is 19.0 Å². The minimum absolute atomic E-state index is 0.273. The van der Waals surface area contributed by atoms with Crippen molar-refractivity contribution in [3.63, 3.8) is 0 Å². The Morgan fingerprint density at radius 1 is 1.44 bits per heavy atom. The maximum Gasteiger partial charge on any atom is 0.308 e. The fourth-order valence-corrected chi connectivity index (χ4v) is 1.95.